The van der Waals surface area contributed by atoms with Gasteiger partial charge >= 0.3 is 0 Å². The van der Waals surface area contributed by atoms with Gasteiger partial charge in [0.05, 0.1) is 19.3 Å². The van der Waals surface area contributed by atoms with Crippen molar-refractivity contribution < 1.29 is 9.53 Å². The molecule has 1 N–H and O–H groups in total. The first-order valence-corrected chi connectivity index (χ1v) is 7.87. The van der Waals surface area contributed by atoms with Crippen LogP contribution in [-0.4, -0.2) is 37.6 Å². The Labute approximate surface area is 127 Å². The SMILES string of the molecule is COc1ccc(C)cc1NCC(=O)N1CCCCCCC1. The Balaban J connectivity index is 1.92. The third-order valence-electron chi connectivity index (χ3n) is 3.99. The van der Waals surface area contributed by atoms with Gasteiger partial charge in [0.15, 0.2) is 0 Å². The van der Waals surface area contributed by atoms with E-state index in [9.17, 15) is 4.79 Å². The zero-order chi connectivity index (χ0) is 15.1. The topological polar surface area (TPSA) is 41.6 Å². The Morgan fingerprint density at radius 1 is 1.19 bits per heavy atom. The van der Waals surface area contributed by atoms with Crippen LogP contribution in [0.5, 0.6) is 5.75 Å². The average molecular weight is 290 g/mol. The lowest BCUT2D eigenvalue weighted by Crippen LogP contribution is -2.37. The predicted molar refractivity (Wildman–Crippen MR) is 85.9 cm³/mol. The second-order valence-corrected chi connectivity index (χ2v) is 5.71. The van der Waals surface area contributed by atoms with Gasteiger partial charge in [-0.05, 0) is 37.5 Å². The summed E-state index contributed by atoms with van der Waals surface area (Å²) in [5, 5.41) is 3.22. The number of carbonyl (C=O) groups excluding carboxylic acids is 1. The van der Waals surface area contributed by atoms with Crippen molar-refractivity contribution in [1.82, 2.24) is 4.90 Å². The Bertz CT molecular complexity index is 466. The van der Waals surface area contributed by atoms with Crippen LogP contribution in [0, 0.1) is 6.92 Å². The number of nitrogens with zero attached hydrogens (tertiary/aromatic N) is 1. The summed E-state index contributed by atoms with van der Waals surface area (Å²) in [6.07, 6.45) is 6.03. The Kier molecular flexibility index (Phi) is 5.90. The van der Waals surface area contributed by atoms with Gasteiger partial charge in [-0.15, -0.1) is 0 Å². The van der Waals surface area contributed by atoms with Gasteiger partial charge in [0.25, 0.3) is 0 Å². The number of hydrogen-bond donors (Lipinski definition) is 1. The van der Waals surface area contributed by atoms with E-state index in [1.807, 2.05) is 30.0 Å². The molecule has 1 saturated heterocycles. The van der Waals surface area contributed by atoms with Crippen molar-refractivity contribution in [2.24, 2.45) is 0 Å². The maximum atomic E-state index is 12.3. The van der Waals surface area contributed by atoms with Crippen LogP contribution in [0.1, 0.15) is 37.7 Å². The molecule has 116 valence electrons. The molecule has 0 unspecified atom stereocenters. The van der Waals surface area contributed by atoms with Crippen LogP contribution < -0.4 is 10.1 Å². The van der Waals surface area contributed by atoms with Crippen molar-refractivity contribution >= 4 is 11.6 Å². The van der Waals surface area contributed by atoms with Gasteiger partial charge in [-0.2, -0.15) is 0 Å². The molecule has 0 aliphatic carbocycles. The molecule has 1 fully saturated rings. The van der Waals surface area contributed by atoms with Gasteiger partial charge in [-0.1, -0.05) is 25.3 Å². The number of nitrogens with one attached hydrogen (secondary N) is 1. The molecule has 0 spiro atoms. The summed E-state index contributed by atoms with van der Waals surface area (Å²) >= 11 is 0. The second-order valence-electron chi connectivity index (χ2n) is 5.71. The molecule has 1 amide bonds. The van der Waals surface area contributed by atoms with Crippen molar-refractivity contribution in [3.63, 3.8) is 0 Å². The number of amides is 1. The van der Waals surface area contributed by atoms with E-state index in [-0.39, 0.29) is 5.91 Å². The van der Waals surface area contributed by atoms with Crippen molar-refractivity contribution in [3.8, 4) is 5.75 Å². The highest BCUT2D eigenvalue weighted by Gasteiger charge is 2.15. The van der Waals surface area contributed by atoms with Crippen LogP contribution in [-0.2, 0) is 4.79 Å². The number of aryl methyl sites for hydroxylation is 1. The fourth-order valence-corrected chi connectivity index (χ4v) is 2.74. The molecule has 2 rings (SSSR count). The normalized spacial score (nSPS) is 16.0. The Morgan fingerprint density at radius 2 is 1.86 bits per heavy atom. The third-order valence-corrected chi connectivity index (χ3v) is 3.99. The van der Waals surface area contributed by atoms with Gasteiger partial charge in [0.2, 0.25) is 5.91 Å². The summed E-state index contributed by atoms with van der Waals surface area (Å²) in [5.74, 6) is 0.960. The van der Waals surface area contributed by atoms with Crippen molar-refractivity contribution in [2.45, 2.75) is 39.0 Å². The number of hydrogen-bond acceptors (Lipinski definition) is 3. The lowest BCUT2D eigenvalue weighted by Gasteiger charge is -2.25. The number of ether oxygens (including phenoxy) is 1. The standard InChI is InChI=1S/C17H26N2O2/c1-14-8-9-16(21-2)15(12-14)18-13-17(20)19-10-6-4-3-5-7-11-19/h8-9,12,18H,3-7,10-11,13H2,1-2H3. The Hall–Kier alpha value is -1.71. The summed E-state index contributed by atoms with van der Waals surface area (Å²) < 4.78 is 5.33. The monoisotopic (exact) mass is 290 g/mol. The average Bonchev–Trinajstić information content (AvgIpc) is 2.44. The van der Waals surface area contributed by atoms with Crippen molar-refractivity contribution in [2.75, 3.05) is 32.1 Å². The molecule has 4 heteroatoms. The van der Waals surface area contributed by atoms with Gasteiger partial charge < -0.3 is 15.0 Å². The summed E-state index contributed by atoms with van der Waals surface area (Å²) in [6.45, 7) is 4.15. The molecule has 4 nitrogen and oxygen atoms in total. The van der Waals surface area contributed by atoms with E-state index in [4.69, 9.17) is 4.74 Å². The predicted octanol–water partition coefficient (Wildman–Crippen LogP) is 3.21. The van der Waals surface area contributed by atoms with Crippen LogP contribution in [0.15, 0.2) is 18.2 Å². The van der Waals surface area contributed by atoms with Crippen LogP contribution >= 0.6 is 0 Å². The molecule has 0 aromatic heterocycles. The number of anilines is 1. The number of rotatable bonds is 4. The molecule has 0 bridgehead atoms. The van der Waals surface area contributed by atoms with Crippen LogP contribution in [0.25, 0.3) is 0 Å². The van der Waals surface area contributed by atoms with Crippen LogP contribution in [0.2, 0.25) is 0 Å². The fourth-order valence-electron chi connectivity index (χ4n) is 2.74. The molecule has 1 aromatic carbocycles. The number of likely N-dealkylation sites (tertiary alicyclic amines) is 1. The molecule has 1 heterocycles. The minimum atomic E-state index is 0.181. The highest BCUT2D eigenvalue weighted by Crippen LogP contribution is 2.25. The summed E-state index contributed by atoms with van der Waals surface area (Å²) in [7, 11) is 1.65. The quantitative estimate of drug-likeness (QED) is 0.926. The molecule has 1 aliphatic heterocycles. The zero-order valence-corrected chi connectivity index (χ0v) is 13.2. The maximum Gasteiger partial charge on any atom is 0.241 e. The maximum absolute atomic E-state index is 12.3. The zero-order valence-electron chi connectivity index (χ0n) is 13.2. The van der Waals surface area contributed by atoms with Crippen LogP contribution in [0.3, 0.4) is 0 Å². The first kappa shape index (κ1) is 15.7. The van der Waals surface area contributed by atoms with Crippen molar-refractivity contribution in [1.29, 1.82) is 0 Å². The van der Waals surface area contributed by atoms with Crippen LogP contribution in [0.4, 0.5) is 5.69 Å². The fraction of sp³-hybridized carbons (Fsp3) is 0.588. The first-order valence-electron chi connectivity index (χ1n) is 7.87. The van der Waals surface area contributed by atoms with E-state index in [0.717, 1.165) is 42.9 Å². The second kappa shape index (κ2) is 7.91. The van der Waals surface area contributed by atoms with E-state index < -0.39 is 0 Å². The molecule has 0 radical (unpaired) electrons. The highest BCUT2D eigenvalue weighted by atomic mass is 16.5. The lowest BCUT2D eigenvalue weighted by molar-refractivity contribution is -0.129. The molecule has 21 heavy (non-hydrogen) atoms. The molecule has 0 saturated carbocycles. The minimum Gasteiger partial charge on any atom is -0.495 e. The minimum absolute atomic E-state index is 0.181. The smallest absolute Gasteiger partial charge is 0.241 e. The molecule has 1 aliphatic rings. The van der Waals surface area contributed by atoms with Gasteiger partial charge in [0, 0.05) is 13.1 Å². The lowest BCUT2D eigenvalue weighted by atomic mass is 10.1. The van der Waals surface area contributed by atoms with E-state index >= 15 is 0 Å². The first-order chi connectivity index (χ1) is 10.2. The number of benzene rings is 1. The number of methoxy groups -OCH3 is 1. The van der Waals surface area contributed by atoms with Gasteiger partial charge in [-0.25, -0.2) is 0 Å². The molecule has 0 atom stereocenters. The van der Waals surface area contributed by atoms with E-state index in [1.165, 1.54) is 19.3 Å². The van der Waals surface area contributed by atoms with Gasteiger partial charge in [0.1, 0.15) is 5.75 Å². The molecular formula is C17H26N2O2. The summed E-state index contributed by atoms with van der Waals surface area (Å²) in [6, 6.07) is 5.95. The van der Waals surface area contributed by atoms with Gasteiger partial charge in [-0.3, -0.25) is 4.79 Å². The van der Waals surface area contributed by atoms with Crippen molar-refractivity contribution in [3.05, 3.63) is 23.8 Å². The van der Waals surface area contributed by atoms with E-state index in [0.29, 0.717) is 6.54 Å². The molecular weight excluding hydrogens is 264 g/mol. The number of carbonyl (C=O) groups is 1. The summed E-state index contributed by atoms with van der Waals surface area (Å²) in [4.78, 5) is 14.3. The highest BCUT2D eigenvalue weighted by molar-refractivity contribution is 5.81. The van der Waals surface area contributed by atoms with E-state index in [2.05, 4.69) is 5.32 Å². The summed E-state index contributed by atoms with van der Waals surface area (Å²) in [5.41, 5.74) is 2.04. The van der Waals surface area contributed by atoms with E-state index in [1.54, 1.807) is 7.11 Å². The molecule has 1 aromatic rings. The largest absolute Gasteiger partial charge is 0.495 e. The Morgan fingerprint density at radius 3 is 2.52 bits per heavy atom. The third kappa shape index (κ3) is 4.66.